The van der Waals surface area contributed by atoms with E-state index in [9.17, 15) is 19.0 Å². The zero-order valence-electron chi connectivity index (χ0n) is 52.0. The monoisotopic (exact) mass is 1130 g/mol. The van der Waals surface area contributed by atoms with Crippen LogP contribution in [0.3, 0.4) is 0 Å². The predicted molar refractivity (Wildman–Crippen MR) is 341 cm³/mol. The maximum atomic E-state index is 12.8. The Morgan fingerprint density at radius 1 is 0.400 bits per heavy atom. The SMILES string of the molecule is CC/C=C\C/C=C\C/C=C\C/C=C\C/C=C\C/C=C\C/C=C\C/C=C\CCCCCCCCCCCCCCCCC(=O)OC(COC(=O)CCCCCCCCC/C=C\C/C=C\CCCCC)COP(=O)([O-])OCC[N+](C)(C)C. The number of unbranched alkanes of at least 4 members (excludes halogenated alkanes) is 24. The molecule has 9 nitrogen and oxygen atoms in total. The van der Waals surface area contributed by atoms with Gasteiger partial charge in [0.05, 0.1) is 27.7 Å². The number of phosphoric ester groups is 1. The number of allylic oxidation sites excluding steroid dienone is 20. The van der Waals surface area contributed by atoms with E-state index in [4.69, 9.17) is 18.5 Å². The molecule has 0 aromatic carbocycles. The lowest BCUT2D eigenvalue weighted by Gasteiger charge is -2.28. The third-order valence-corrected chi connectivity index (χ3v) is 14.4. The third-order valence-electron chi connectivity index (χ3n) is 13.5. The first-order valence-electron chi connectivity index (χ1n) is 32.2. The first-order chi connectivity index (χ1) is 39.0. The molecule has 10 heteroatoms. The van der Waals surface area contributed by atoms with Crippen LogP contribution in [0.1, 0.15) is 258 Å². The van der Waals surface area contributed by atoms with Crippen molar-refractivity contribution in [3.8, 4) is 0 Å². The topological polar surface area (TPSA) is 111 Å². The number of nitrogens with zero attached hydrogens (tertiary/aromatic N) is 1. The van der Waals surface area contributed by atoms with Crippen LogP contribution >= 0.6 is 7.82 Å². The Labute approximate surface area is 492 Å². The van der Waals surface area contributed by atoms with Crippen LogP contribution < -0.4 is 4.89 Å². The van der Waals surface area contributed by atoms with Crippen LogP contribution in [-0.2, 0) is 32.7 Å². The average molecular weight is 1130 g/mol. The molecule has 0 aliphatic heterocycles. The molecule has 0 aliphatic carbocycles. The second-order valence-corrected chi connectivity index (χ2v) is 23.8. The molecule has 0 aromatic rings. The number of hydrogen-bond donors (Lipinski definition) is 0. The van der Waals surface area contributed by atoms with E-state index >= 15 is 0 Å². The van der Waals surface area contributed by atoms with Crippen molar-refractivity contribution in [1.82, 2.24) is 0 Å². The van der Waals surface area contributed by atoms with Gasteiger partial charge in [0.25, 0.3) is 7.82 Å². The van der Waals surface area contributed by atoms with Crippen LogP contribution in [0.25, 0.3) is 0 Å². The molecule has 0 aromatic heterocycles. The van der Waals surface area contributed by atoms with Crippen molar-refractivity contribution < 1.29 is 42.1 Å². The van der Waals surface area contributed by atoms with E-state index in [1.54, 1.807) is 0 Å². The van der Waals surface area contributed by atoms with E-state index in [1.165, 1.54) is 116 Å². The molecule has 0 N–H and O–H groups in total. The van der Waals surface area contributed by atoms with Crippen LogP contribution in [0.2, 0.25) is 0 Å². The molecule has 0 radical (unpaired) electrons. The van der Waals surface area contributed by atoms with Crippen molar-refractivity contribution in [3.05, 3.63) is 122 Å². The maximum Gasteiger partial charge on any atom is 0.306 e. The molecule has 0 amide bonds. The fourth-order valence-electron chi connectivity index (χ4n) is 8.53. The first kappa shape index (κ1) is 76.4. The van der Waals surface area contributed by atoms with E-state index in [-0.39, 0.29) is 26.1 Å². The van der Waals surface area contributed by atoms with Crippen molar-refractivity contribution in [3.63, 3.8) is 0 Å². The van der Waals surface area contributed by atoms with Crippen LogP contribution in [-0.4, -0.2) is 70.0 Å². The fourth-order valence-corrected chi connectivity index (χ4v) is 9.25. The fraction of sp³-hybridized carbons (Fsp3) is 0.686. The summed E-state index contributed by atoms with van der Waals surface area (Å²) in [5.74, 6) is -0.844. The Balaban J connectivity index is 4.05. The molecular weight excluding hydrogens is 1010 g/mol. The lowest BCUT2D eigenvalue weighted by atomic mass is 10.0. The van der Waals surface area contributed by atoms with Crippen molar-refractivity contribution in [2.75, 3.05) is 47.5 Å². The highest BCUT2D eigenvalue weighted by atomic mass is 31.2. The number of ether oxygens (including phenoxy) is 2. The van der Waals surface area contributed by atoms with Gasteiger partial charge >= 0.3 is 11.9 Å². The summed E-state index contributed by atoms with van der Waals surface area (Å²) in [5, 5.41) is 0. The smallest absolute Gasteiger partial charge is 0.306 e. The number of carbonyl (C=O) groups is 2. The van der Waals surface area contributed by atoms with Crippen LogP contribution in [0.15, 0.2) is 122 Å². The van der Waals surface area contributed by atoms with Gasteiger partial charge in [0, 0.05) is 12.8 Å². The van der Waals surface area contributed by atoms with Crippen LogP contribution in [0.4, 0.5) is 0 Å². The Kier molecular flexibility index (Phi) is 57.3. The minimum Gasteiger partial charge on any atom is -0.756 e. The molecule has 2 atom stereocenters. The van der Waals surface area contributed by atoms with Crippen molar-refractivity contribution in [1.29, 1.82) is 0 Å². The molecular formula is C70H120NO8P. The molecule has 0 fully saturated rings. The van der Waals surface area contributed by atoms with Gasteiger partial charge in [0.1, 0.15) is 19.8 Å². The lowest BCUT2D eigenvalue weighted by Crippen LogP contribution is -2.37. The Bertz CT molecular complexity index is 1760. The Hall–Kier alpha value is -3.59. The number of quaternary nitrogens is 1. The number of likely N-dealkylation sites (N-methyl/N-ethyl adjacent to an activating group) is 1. The summed E-state index contributed by atoms with van der Waals surface area (Å²) >= 11 is 0. The average Bonchev–Trinajstić information content (AvgIpc) is 3.42. The first-order valence-corrected chi connectivity index (χ1v) is 33.7. The molecule has 0 spiro atoms. The molecule has 0 rings (SSSR count). The quantitative estimate of drug-likeness (QED) is 0.0195. The minimum absolute atomic E-state index is 0.0365. The van der Waals surface area contributed by atoms with Gasteiger partial charge in [-0.25, -0.2) is 0 Å². The van der Waals surface area contributed by atoms with Crippen molar-refractivity contribution in [2.45, 2.75) is 264 Å². The van der Waals surface area contributed by atoms with Crippen molar-refractivity contribution in [2.24, 2.45) is 0 Å². The van der Waals surface area contributed by atoms with Gasteiger partial charge in [-0.3, -0.25) is 14.2 Å². The minimum atomic E-state index is -4.64. The summed E-state index contributed by atoms with van der Waals surface area (Å²) < 4.78 is 34.2. The van der Waals surface area contributed by atoms with E-state index in [0.29, 0.717) is 17.4 Å². The molecule has 0 heterocycles. The number of rotatable bonds is 58. The highest BCUT2D eigenvalue weighted by Gasteiger charge is 2.22. The highest BCUT2D eigenvalue weighted by molar-refractivity contribution is 7.45. The molecule has 0 aliphatic rings. The van der Waals surface area contributed by atoms with E-state index in [1.807, 2.05) is 21.1 Å². The van der Waals surface area contributed by atoms with Crippen LogP contribution in [0.5, 0.6) is 0 Å². The van der Waals surface area contributed by atoms with Gasteiger partial charge in [-0.15, -0.1) is 0 Å². The predicted octanol–water partition coefficient (Wildman–Crippen LogP) is 20.1. The maximum absolute atomic E-state index is 12.8. The van der Waals surface area contributed by atoms with Gasteiger partial charge in [0.15, 0.2) is 6.10 Å². The highest BCUT2D eigenvalue weighted by Crippen LogP contribution is 2.38. The van der Waals surface area contributed by atoms with E-state index < -0.39 is 32.5 Å². The molecule has 458 valence electrons. The third kappa shape index (κ3) is 63.6. The molecule has 0 saturated carbocycles. The number of carbonyl (C=O) groups excluding carboxylic acids is 2. The molecule has 80 heavy (non-hydrogen) atoms. The van der Waals surface area contributed by atoms with E-state index in [0.717, 1.165) is 109 Å². The summed E-state index contributed by atoms with van der Waals surface area (Å²) in [6.07, 6.45) is 85.5. The summed E-state index contributed by atoms with van der Waals surface area (Å²) in [5.41, 5.74) is 0. The summed E-state index contributed by atoms with van der Waals surface area (Å²) in [6, 6.07) is 0. The number of phosphoric acid groups is 1. The lowest BCUT2D eigenvalue weighted by molar-refractivity contribution is -0.870. The zero-order valence-corrected chi connectivity index (χ0v) is 52.9. The van der Waals surface area contributed by atoms with Gasteiger partial charge in [0.2, 0.25) is 0 Å². The molecule has 0 bridgehead atoms. The second kappa shape index (κ2) is 60.0. The number of hydrogen-bond acceptors (Lipinski definition) is 8. The van der Waals surface area contributed by atoms with Gasteiger partial charge in [-0.2, -0.15) is 0 Å². The van der Waals surface area contributed by atoms with Gasteiger partial charge in [-0.05, 0) is 109 Å². The summed E-state index contributed by atoms with van der Waals surface area (Å²) in [7, 11) is 1.15. The van der Waals surface area contributed by atoms with Crippen LogP contribution in [0, 0.1) is 0 Å². The number of esters is 2. The largest absolute Gasteiger partial charge is 0.756 e. The molecule has 0 saturated heterocycles. The standard InChI is InChI=1S/C70H120NO8P/c1-6-8-10-12-14-16-18-20-22-24-25-26-27-28-29-30-31-32-33-34-35-36-37-38-39-40-41-42-43-44-45-47-49-51-53-55-57-59-61-63-70(73)79-68(67-78-80(74,75)77-65-64-71(3,4)5)66-76-69(72)62-60-58-56-54-52-50-48-46-23-21-19-17-15-13-11-9-7-2/h8,10,14-17,20-23,25-26,28-29,31-32,34-35,37-38,68H,6-7,9,11-13,18-19,24,27,30,33,36,39-67H2,1-5H3/b10-8-,16-14-,17-15-,22-20-,23-21-,26-25-,29-28-,32-31-,35-34-,38-37-. The summed E-state index contributed by atoms with van der Waals surface area (Å²) in [4.78, 5) is 37.9. The Morgan fingerprint density at radius 2 is 0.713 bits per heavy atom. The molecule has 2 unspecified atom stereocenters. The van der Waals surface area contributed by atoms with E-state index in [2.05, 4.69) is 135 Å². The van der Waals surface area contributed by atoms with Crippen molar-refractivity contribution >= 4 is 19.8 Å². The van der Waals surface area contributed by atoms with Gasteiger partial charge in [-0.1, -0.05) is 257 Å². The second-order valence-electron chi connectivity index (χ2n) is 22.4. The summed E-state index contributed by atoms with van der Waals surface area (Å²) in [6.45, 7) is 4.09. The normalized spacial score (nSPS) is 14.0. The Morgan fingerprint density at radius 3 is 1.06 bits per heavy atom. The van der Waals surface area contributed by atoms with Gasteiger partial charge < -0.3 is 27.9 Å². The zero-order chi connectivity index (χ0) is 58.4.